The van der Waals surface area contributed by atoms with Crippen LogP contribution < -0.4 is 14.8 Å². The normalized spacial score (nSPS) is 20.6. The first-order chi connectivity index (χ1) is 19.9. The lowest BCUT2D eigenvalue weighted by atomic mass is 10.0. The molecule has 3 aliphatic heterocycles. The van der Waals surface area contributed by atoms with Crippen LogP contribution in [-0.2, 0) is 16.1 Å². The number of nitrogens with zero attached hydrogens (tertiary/aromatic N) is 3. The van der Waals surface area contributed by atoms with E-state index in [1.54, 1.807) is 36.3 Å². The lowest BCUT2D eigenvalue weighted by molar-refractivity contribution is -0.136. The summed E-state index contributed by atoms with van der Waals surface area (Å²) in [6.45, 7) is 1.14. The molecule has 0 aliphatic carbocycles. The molecule has 4 amide bonds. The molecular weight excluding hydrogens is 528 g/mol. The molecule has 0 radical (unpaired) electrons. The SMILES string of the molecule is COc1ccc(-c2ocnc2C(=O)N2CCCC[C@@H]2COc2ccc3c(c2)CN(C2CCC(=O)NC2=O)C3=O)cc1. The summed E-state index contributed by atoms with van der Waals surface area (Å²) in [5.74, 6) is 0.494. The van der Waals surface area contributed by atoms with Crippen molar-refractivity contribution in [2.24, 2.45) is 0 Å². The van der Waals surface area contributed by atoms with E-state index >= 15 is 0 Å². The Hall–Kier alpha value is -4.67. The monoisotopic (exact) mass is 558 g/mol. The summed E-state index contributed by atoms with van der Waals surface area (Å²) >= 11 is 0. The predicted octanol–water partition coefficient (Wildman–Crippen LogP) is 3.18. The molecule has 41 heavy (non-hydrogen) atoms. The van der Waals surface area contributed by atoms with Crippen LogP contribution >= 0.6 is 0 Å². The van der Waals surface area contributed by atoms with Gasteiger partial charge in [-0.05, 0) is 73.7 Å². The molecule has 2 fully saturated rings. The highest BCUT2D eigenvalue weighted by Gasteiger charge is 2.39. The van der Waals surface area contributed by atoms with Gasteiger partial charge in [-0.1, -0.05) is 0 Å². The largest absolute Gasteiger partial charge is 0.497 e. The van der Waals surface area contributed by atoms with Gasteiger partial charge >= 0.3 is 0 Å². The van der Waals surface area contributed by atoms with Crippen molar-refractivity contribution in [2.75, 3.05) is 20.3 Å². The molecule has 3 aromatic rings. The topological polar surface area (TPSA) is 131 Å². The molecule has 2 saturated heterocycles. The quantitative estimate of drug-likeness (QED) is 0.438. The number of hydrogen-bond donors (Lipinski definition) is 1. The molecule has 2 atom stereocenters. The van der Waals surface area contributed by atoms with E-state index in [0.717, 1.165) is 30.4 Å². The van der Waals surface area contributed by atoms with Crippen molar-refractivity contribution in [2.45, 2.75) is 50.7 Å². The highest BCUT2D eigenvalue weighted by atomic mass is 16.5. The number of oxazole rings is 1. The van der Waals surface area contributed by atoms with Crippen molar-refractivity contribution >= 4 is 23.6 Å². The molecule has 11 heteroatoms. The van der Waals surface area contributed by atoms with E-state index in [9.17, 15) is 19.2 Å². The Morgan fingerprint density at radius 1 is 1.07 bits per heavy atom. The number of ether oxygens (including phenoxy) is 2. The van der Waals surface area contributed by atoms with Gasteiger partial charge in [0, 0.05) is 30.6 Å². The number of imide groups is 1. The van der Waals surface area contributed by atoms with E-state index < -0.39 is 11.9 Å². The number of rotatable bonds is 7. The van der Waals surface area contributed by atoms with Crippen molar-refractivity contribution in [1.29, 1.82) is 0 Å². The molecule has 1 N–H and O–H groups in total. The third kappa shape index (κ3) is 5.15. The van der Waals surface area contributed by atoms with E-state index in [4.69, 9.17) is 13.9 Å². The van der Waals surface area contributed by atoms with E-state index in [-0.39, 0.29) is 49.0 Å². The van der Waals surface area contributed by atoms with Gasteiger partial charge in [-0.2, -0.15) is 0 Å². The first kappa shape index (κ1) is 26.5. The minimum atomic E-state index is -0.668. The minimum absolute atomic E-state index is 0.161. The number of carbonyl (C=O) groups excluding carboxylic acids is 4. The third-order valence-corrected chi connectivity index (χ3v) is 7.95. The lowest BCUT2D eigenvalue weighted by Crippen LogP contribution is -2.52. The molecule has 0 spiro atoms. The lowest BCUT2D eigenvalue weighted by Gasteiger charge is -2.35. The van der Waals surface area contributed by atoms with E-state index in [2.05, 4.69) is 10.3 Å². The summed E-state index contributed by atoms with van der Waals surface area (Å²) in [6.07, 6.45) is 4.44. The van der Waals surface area contributed by atoms with Gasteiger partial charge in [-0.15, -0.1) is 0 Å². The van der Waals surface area contributed by atoms with Crippen molar-refractivity contribution < 1.29 is 33.1 Å². The smallest absolute Gasteiger partial charge is 0.276 e. The van der Waals surface area contributed by atoms with Crippen LogP contribution in [0.2, 0.25) is 0 Å². The average Bonchev–Trinajstić information content (AvgIpc) is 3.61. The summed E-state index contributed by atoms with van der Waals surface area (Å²) in [5.41, 5.74) is 2.27. The fourth-order valence-electron chi connectivity index (χ4n) is 5.76. The Labute approximate surface area is 236 Å². The maximum absolute atomic E-state index is 13.6. The van der Waals surface area contributed by atoms with Crippen molar-refractivity contribution in [1.82, 2.24) is 20.1 Å². The van der Waals surface area contributed by atoms with Gasteiger partial charge < -0.3 is 23.7 Å². The Morgan fingerprint density at radius 3 is 2.66 bits per heavy atom. The summed E-state index contributed by atoms with van der Waals surface area (Å²) < 4.78 is 17.0. The summed E-state index contributed by atoms with van der Waals surface area (Å²) in [6, 6.07) is 11.7. The Balaban J connectivity index is 1.14. The Bertz CT molecular complexity index is 1500. The van der Waals surface area contributed by atoms with Gasteiger partial charge in [0.1, 0.15) is 24.1 Å². The minimum Gasteiger partial charge on any atom is -0.497 e. The molecule has 0 saturated carbocycles. The van der Waals surface area contributed by atoms with Crippen molar-refractivity contribution in [3.63, 3.8) is 0 Å². The van der Waals surface area contributed by atoms with Crippen molar-refractivity contribution in [3.05, 3.63) is 65.7 Å². The number of aromatic nitrogens is 1. The van der Waals surface area contributed by atoms with Gasteiger partial charge in [-0.25, -0.2) is 4.98 Å². The highest BCUT2D eigenvalue weighted by molar-refractivity contribution is 6.05. The molecule has 11 nitrogen and oxygen atoms in total. The number of hydrogen-bond acceptors (Lipinski definition) is 8. The Morgan fingerprint density at radius 2 is 1.88 bits per heavy atom. The zero-order valence-electron chi connectivity index (χ0n) is 22.6. The van der Waals surface area contributed by atoms with Crippen LogP contribution in [-0.4, -0.2) is 70.8 Å². The zero-order valence-corrected chi connectivity index (χ0v) is 22.6. The maximum Gasteiger partial charge on any atom is 0.276 e. The van der Waals surface area contributed by atoms with Crippen LogP contribution in [0.1, 0.15) is 58.5 Å². The summed E-state index contributed by atoms with van der Waals surface area (Å²) in [5, 5.41) is 2.32. The van der Waals surface area contributed by atoms with Crippen LogP contribution in [0.15, 0.2) is 53.3 Å². The Kier molecular flexibility index (Phi) is 7.17. The average molecular weight is 559 g/mol. The van der Waals surface area contributed by atoms with Gasteiger partial charge in [-0.3, -0.25) is 24.5 Å². The first-order valence-corrected chi connectivity index (χ1v) is 13.7. The van der Waals surface area contributed by atoms with Crippen LogP contribution in [0.3, 0.4) is 0 Å². The van der Waals surface area contributed by atoms with E-state index in [0.29, 0.717) is 35.8 Å². The highest BCUT2D eigenvalue weighted by Crippen LogP contribution is 2.32. The summed E-state index contributed by atoms with van der Waals surface area (Å²) in [7, 11) is 1.59. The number of carbonyl (C=O) groups is 4. The van der Waals surface area contributed by atoms with E-state index in [1.807, 2.05) is 18.2 Å². The number of nitrogens with one attached hydrogen (secondary N) is 1. The maximum atomic E-state index is 13.6. The fourth-order valence-corrected chi connectivity index (χ4v) is 5.76. The number of methoxy groups -OCH3 is 1. The van der Waals surface area contributed by atoms with Gasteiger partial charge in [0.25, 0.3) is 11.8 Å². The molecule has 212 valence electrons. The number of likely N-dealkylation sites (tertiary alicyclic amines) is 1. The van der Waals surface area contributed by atoms with Gasteiger partial charge in [0.05, 0.1) is 13.2 Å². The van der Waals surface area contributed by atoms with Crippen LogP contribution in [0, 0.1) is 0 Å². The predicted molar refractivity (Wildman–Crippen MR) is 145 cm³/mol. The van der Waals surface area contributed by atoms with Crippen LogP contribution in [0.25, 0.3) is 11.3 Å². The van der Waals surface area contributed by atoms with Gasteiger partial charge in [0.2, 0.25) is 11.8 Å². The second kappa shape index (κ2) is 11.1. The molecule has 4 heterocycles. The molecule has 1 unspecified atom stereocenters. The fraction of sp³-hybridized carbons (Fsp3) is 0.367. The number of piperidine rings is 2. The molecule has 1 aromatic heterocycles. The first-order valence-electron chi connectivity index (χ1n) is 13.7. The second-order valence-corrected chi connectivity index (χ2v) is 10.4. The third-order valence-electron chi connectivity index (χ3n) is 7.95. The van der Waals surface area contributed by atoms with E-state index in [1.165, 1.54) is 11.3 Å². The van der Waals surface area contributed by atoms with Crippen molar-refractivity contribution in [3.8, 4) is 22.8 Å². The van der Waals surface area contributed by atoms with Crippen LogP contribution in [0.5, 0.6) is 11.5 Å². The molecular formula is C30H30N4O7. The standard InChI is InChI=1S/C30H30N4O7/c1-39-21-7-5-18(6-8-21)27-26(31-17-41-27)30(38)33-13-3-2-4-20(33)16-40-22-9-10-23-19(14-22)15-34(29(23)37)24-11-12-25(35)32-28(24)36/h5-10,14,17,20,24H,2-4,11-13,15-16H2,1H3,(H,32,35,36)/t20-,24?/m1/s1. The number of amides is 4. The number of fused-ring (bicyclic) bond motifs is 1. The second-order valence-electron chi connectivity index (χ2n) is 10.4. The molecule has 3 aliphatic rings. The van der Waals surface area contributed by atoms with Crippen LogP contribution in [0.4, 0.5) is 0 Å². The zero-order chi connectivity index (χ0) is 28.5. The van der Waals surface area contributed by atoms with Gasteiger partial charge in [0.15, 0.2) is 17.8 Å². The molecule has 6 rings (SSSR count). The molecule has 2 aromatic carbocycles. The number of benzene rings is 2. The summed E-state index contributed by atoms with van der Waals surface area (Å²) in [4.78, 5) is 58.1. The molecule has 0 bridgehead atoms.